The highest BCUT2D eigenvalue weighted by atomic mass is 19.1. The summed E-state index contributed by atoms with van der Waals surface area (Å²) in [6, 6.07) is 17.7. The number of nitrogens with zero attached hydrogens (tertiary/aromatic N) is 6. The van der Waals surface area contributed by atoms with E-state index in [0.29, 0.717) is 23.4 Å². The molecule has 7 rings (SSSR count). The highest BCUT2D eigenvalue weighted by Crippen LogP contribution is 2.33. The summed E-state index contributed by atoms with van der Waals surface area (Å²) < 4.78 is 15.3. The smallest absolute Gasteiger partial charge is 0.157 e. The number of fused-ring (bicyclic) bond motifs is 2. The molecule has 10 heteroatoms. The number of H-pyrrole nitrogens is 2. The monoisotopic (exact) mass is 547 g/mol. The Morgan fingerprint density at radius 3 is 2.59 bits per heavy atom. The van der Waals surface area contributed by atoms with Crippen molar-refractivity contribution in [1.29, 1.82) is 0 Å². The summed E-state index contributed by atoms with van der Waals surface area (Å²) in [7, 11) is 2.13. The molecule has 2 aromatic carbocycles. The SMILES string of the molecule is CN1CCN(c2nccc3[nH]c(-c4[nH]nc5c(F)cc(-c6cncc(CNCc7ccccc7)c6)cc45)nc23)CC1. The van der Waals surface area contributed by atoms with Gasteiger partial charge in [-0.3, -0.25) is 10.1 Å². The Kier molecular flexibility index (Phi) is 6.62. The number of hydrogen-bond donors (Lipinski definition) is 3. The summed E-state index contributed by atoms with van der Waals surface area (Å²) in [5.74, 6) is 1.06. The summed E-state index contributed by atoms with van der Waals surface area (Å²) >= 11 is 0. The molecule has 0 aliphatic carbocycles. The largest absolute Gasteiger partial charge is 0.352 e. The van der Waals surface area contributed by atoms with Gasteiger partial charge >= 0.3 is 0 Å². The van der Waals surface area contributed by atoms with Crippen molar-refractivity contribution in [3.8, 4) is 22.6 Å². The standard InChI is InChI=1S/C31H30FN9/c1-40-9-11-41(12-10-40)31-29-26(7-8-35-31)36-30(37-29)28-24-14-22(15-25(32)27(24)38-39-28)23-13-21(18-34-19-23)17-33-16-20-5-3-2-4-6-20/h2-8,13-15,18-19,33H,9-12,16-17H2,1H3,(H,36,37)(H,38,39). The first-order valence-electron chi connectivity index (χ1n) is 13.8. The number of rotatable bonds is 7. The molecule has 0 atom stereocenters. The van der Waals surface area contributed by atoms with Gasteiger partial charge in [0.15, 0.2) is 17.5 Å². The predicted octanol–water partition coefficient (Wildman–Crippen LogP) is 4.74. The van der Waals surface area contributed by atoms with E-state index in [1.807, 2.05) is 42.6 Å². The van der Waals surface area contributed by atoms with Crippen molar-refractivity contribution < 1.29 is 4.39 Å². The fourth-order valence-corrected chi connectivity index (χ4v) is 5.40. The third kappa shape index (κ3) is 5.03. The molecule has 9 nitrogen and oxygen atoms in total. The van der Waals surface area contributed by atoms with E-state index in [-0.39, 0.29) is 5.52 Å². The van der Waals surface area contributed by atoms with Crippen LogP contribution in [0, 0.1) is 5.82 Å². The average molecular weight is 548 g/mol. The summed E-state index contributed by atoms with van der Waals surface area (Å²) in [5.41, 5.74) is 6.38. The van der Waals surface area contributed by atoms with Crippen molar-refractivity contribution in [1.82, 2.24) is 40.3 Å². The molecule has 6 aromatic rings. The van der Waals surface area contributed by atoms with Gasteiger partial charge in [0.2, 0.25) is 0 Å². The van der Waals surface area contributed by atoms with E-state index < -0.39 is 5.82 Å². The minimum absolute atomic E-state index is 0.273. The van der Waals surface area contributed by atoms with Crippen LogP contribution < -0.4 is 10.2 Å². The average Bonchev–Trinajstić information content (AvgIpc) is 3.63. The number of imidazole rings is 1. The number of likely N-dealkylation sites (N-methyl/N-ethyl adjacent to an activating group) is 1. The zero-order chi connectivity index (χ0) is 27.8. The molecule has 41 heavy (non-hydrogen) atoms. The van der Waals surface area contributed by atoms with Crippen molar-refractivity contribution in [2.24, 2.45) is 0 Å². The lowest BCUT2D eigenvalue weighted by Crippen LogP contribution is -2.44. The zero-order valence-corrected chi connectivity index (χ0v) is 22.7. The van der Waals surface area contributed by atoms with E-state index in [1.54, 1.807) is 12.4 Å². The highest BCUT2D eigenvalue weighted by Gasteiger charge is 2.21. The van der Waals surface area contributed by atoms with Crippen LogP contribution in [0.2, 0.25) is 0 Å². The van der Waals surface area contributed by atoms with E-state index >= 15 is 4.39 Å². The molecule has 5 heterocycles. The van der Waals surface area contributed by atoms with Gasteiger partial charge < -0.3 is 20.1 Å². The Bertz CT molecular complexity index is 1820. The molecule has 0 spiro atoms. The molecule has 4 aromatic heterocycles. The molecule has 0 saturated carbocycles. The van der Waals surface area contributed by atoms with Crippen molar-refractivity contribution in [2.45, 2.75) is 13.1 Å². The number of benzene rings is 2. The highest BCUT2D eigenvalue weighted by molar-refractivity contribution is 5.97. The van der Waals surface area contributed by atoms with E-state index in [9.17, 15) is 0 Å². The van der Waals surface area contributed by atoms with Crippen molar-refractivity contribution in [3.05, 3.63) is 90.1 Å². The number of nitrogens with one attached hydrogen (secondary N) is 3. The molecule has 1 saturated heterocycles. The maximum absolute atomic E-state index is 15.3. The normalized spacial score (nSPS) is 14.3. The third-order valence-electron chi connectivity index (χ3n) is 7.66. The second kappa shape index (κ2) is 10.7. The Labute approximate surface area is 236 Å². The second-order valence-electron chi connectivity index (χ2n) is 10.5. The lowest BCUT2D eigenvalue weighted by Gasteiger charge is -2.33. The molecule has 0 radical (unpaired) electrons. The van der Waals surface area contributed by atoms with Gasteiger partial charge in [0, 0.05) is 68.8 Å². The molecule has 3 N–H and O–H groups in total. The van der Waals surface area contributed by atoms with Crippen LogP contribution in [0.5, 0.6) is 0 Å². The van der Waals surface area contributed by atoms with Gasteiger partial charge in [-0.1, -0.05) is 30.3 Å². The maximum Gasteiger partial charge on any atom is 0.157 e. The van der Waals surface area contributed by atoms with Gasteiger partial charge in [-0.05, 0) is 48.0 Å². The number of aromatic nitrogens is 6. The lowest BCUT2D eigenvalue weighted by molar-refractivity contribution is 0.312. The predicted molar refractivity (Wildman–Crippen MR) is 159 cm³/mol. The zero-order valence-electron chi connectivity index (χ0n) is 22.7. The van der Waals surface area contributed by atoms with Crippen molar-refractivity contribution >= 4 is 27.8 Å². The topological polar surface area (TPSA) is 102 Å². The maximum atomic E-state index is 15.3. The molecule has 1 aliphatic rings. The van der Waals surface area contributed by atoms with Crippen LogP contribution in [0.3, 0.4) is 0 Å². The van der Waals surface area contributed by atoms with Crippen LogP contribution >= 0.6 is 0 Å². The Morgan fingerprint density at radius 1 is 0.902 bits per heavy atom. The number of hydrogen-bond acceptors (Lipinski definition) is 7. The van der Waals surface area contributed by atoms with Gasteiger partial charge in [-0.2, -0.15) is 5.10 Å². The fraction of sp³-hybridized carbons (Fsp3) is 0.226. The van der Waals surface area contributed by atoms with Gasteiger partial charge in [0.25, 0.3) is 0 Å². The molecule has 1 fully saturated rings. The molecular formula is C31H30FN9. The van der Waals surface area contributed by atoms with Gasteiger partial charge in [0.1, 0.15) is 16.7 Å². The minimum Gasteiger partial charge on any atom is -0.352 e. The molecule has 0 bridgehead atoms. The van der Waals surface area contributed by atoms with Crippen molar-refractivity contribution in [3.63, 3.8) is 0 Å². The molecular weight excluding hydrogens is 517 g/mol. The van der Waals surface area contributed by atoms with Crippen LogP contribution in [0.4, 0.5) is 10.2 Å². The number of piperazine rings is 1. The van der Waals surface area contributed by atoms with Crippen LogP contribution in [0.25, 0.3) is 44.6 Å². The summed E-state index contributed by atoms with van der Waals surface area (Å²) in [5, 5.41) is 11.4. The first kappa shape index (κ1) is 25.3. The molecule has 206 valence electrons. The van der Waals surface area contributed by atoms with E-state index in [2.05, 4.69) is 59.4 Å². The second-order valence-corrected chi connectivity index (χ2v) is 10.5. The van der Waals surface area contributed by atoms with Crippen molar-refractivity contribution in [2.75, 3.05) is 38.1 Å². The minimum atomic E-state index is -0.400. The van der Waals surface area contributed by atoms with Gasteiger partial charge in [-0.15, -0.1) is 0 Å². The van der Waals surface area contributed by atoms with E-state index in [0.717, 1.165) is 66.3 Å². The Hall–Kier alpha value is -4.67. The summed E-state index contributed by atoms with van der Waals surface area (Å²) in [6.45, 7) is 5.14. The van der Waals surface area contributed by atoms with E-state index in [1.165, 1.54) is 11.6 Å². The van der Waals surface area contributed by atoms with E-state index in [4.69, 9.17) is 4.98 Å². The third-order valence-corrected chi connectivity index (χ3v) is 7.66. The van der Waals surface area contributed by atoms with Gasteiger partial charge in [-0.25, -0.2) is 14.4 Å². The Balaban J connectivity index is 1.19. The molecule has 1 aliphatic heterocycles. The molecule has 0 unspecified atom stereocenters. The number of aromatic amines is 2. The first-order chi connectivity index (χ1) is 20.1. The number of anilines is 1. The number of pyridine rings is 2. The first-order valence-corrected chi connectivity index (χ1v) is 13.8. The summed E-state index contributed by atoms with van der Waals surface area (Å²) in [6.07, 6.45) is 5.39. The van der Waals surface area contributed by atoms with Crippen LogP contribution in [-0.4, -0.2) is 68.3 Å². The van der Waals surface area contributed by atoms with Crippen LogP contribution in [0.1, 0.15) is 11.1 Å². The quantitative estimate of drug-likeness (QED) is 0.265. The fourth-order valence-electron chi connectivity index (χ4n) is 5.40. The van der Waals surface area contributed by atoms with Gasteiger partial charge in [0.05, 0.1) is 5.52 Å². The van der Waals surface area contributed by atoms with Crippen LogP contribution in [-0.2, 0) is 13.1 Å². The number of halogens is 1. The van der Waals surface area contributed by atoms with Crippen LogP contribution in [0.15, 0.2) is 73.2 Å². The molecule has 0 amide bonds. The Morgan fingerprint density at radius 2 is 1.73 bits per heavy atom. The summed E-state index contributed by atoms with van der Waals surface area (Å²) in [4.78, 5) is 22.0. The lowest BCUT2D eigenvalue weighted by atomic mass is 10.0.